The Bertz CT molecular complexity index is 272. The topological polar surface area (TPSA) is 36.1 Å². The van der Waals surface area contributed by atoms with Gasteiger partial charge in [0.15, 0.2) is 0 Å². The van der Waals surface area contributed by atoms with E-state index in [1.807, 2.05) is 18.2 Å². The van der Waals surface area contributed by atoms with E-state index in [0.717, 1.165) is 12.1 Å². The fraction of sp³-hybridized carbons (Fsp3) is 0.333. The van der Waals surface area contributed by atoms with Crippen molar-refractivity contribution >= 4 is 11.4 Å². The van der Waals surface area contributed by atoms with E-state index < -0.39 is 0 Å². The van der Waals surface area contributed by atoms with Gasteiger partial charge in [0.2, 0.25) is 0 Å². The Balaban J connectivity index is 2.23. The van der Waals surface area contributed by atoms with E-state index in [1.54, 1.807) is 0 Å². The number of para-hydroxylation sites is 2. The molecule has 12 heavy (non-hydrogen) atoms. The molecule has 1 atom stereocenters. The van der Waals surface area contributed by atoms with Crippen LogP contribution < -0.4 is 16.2 Å². The summed E-state index contributed by atoms with van der Waals surface area (Å²) in [7, 11) is 0. The normalized spacial score (nSPS) is 20.6. The molecule has 1 aliphatic rings. The van der Waals surface area contributed by atoms with Crippen molar-refractivity contribution in [2.75, 3.05) is 10.7 Å². The van der Waals surface area contributed by atoms with Crippen molar-refractivity contribution < 1.29 is 0 Å². The number of hydrogen-bond donors (Lipinski definition) is 3. The third-order valence-corrected chi connectivity index (χ3v) is 2.05. The van der Waals surface area contributed by atoms with E-state index in [9.17, 15) is 0 Å². The maximum atomic E-state index is 3.37. The van der Waals surface area contributed by atoms with Crippen LogP contribution >= 0.6 is 0 Å². The minimum absolute atomic E-state index is 0.333. The molecule has 0 saturated carbocycles. The first-order valence-electron chi connectivity index (χ1n) is 4.27. The summed E-state index contributed by atoms with van der Waals surface area (Å²) in [5.74, 6) is 0. The van der Waals surface area contributed by atoms with Gasteiger partial charge >= 0.3 is 0 Å². The molecule has 0 fully saturated rings. The molecule has 0 spiro atoms. The summed E-state index contributed by atoms with van der Waals surface area (Å²) in [5, 5.41) is 3.37. The van der Waals surface area contributed by atoms with Gasteiger partial charge in [-0.25, -0.2) is 5.43 Å². The fourth-order valence-corrected chi connectivity index (χ4v) is 1.31. The van der Waals surface area contributed by atoms with Gasteiger partial charge in [-0.15, -0.1) is 0 Å². The molecule has 0 amide bonds. The van der Waals surface area contributed by atoms with Crippen LogP contribution in [0, 0.1) is 0 Å². The van der Waals surface area contributed by atoms with Crippen molar-refractivity contribution in [2.45, 2.75) is 19.5 Å². The molecule has 1 aromatic rings. The predicted molar refractivity (Wildman–Crippen MR) is 50.9 cm³/mol. The van der Waals surface area contributed by atoms with Gasteiger partial charge in [0.1, 0.15) is 0 Å². The maximum Gasteiger partial charge on any atom is 0.0938 e. The zero-order valence-electron chi connectivity index (χ0n) is 7.09. The van der Waals surface area contributed by atoms with E-state index in [-0.39, 0.29) is 0 Å². The number of benzene rings is 1. The Morgan fingerprint density at radius 2 is 2.00 bits per heavy atom. The molecule has 2 rings (SSSR count). The number of hydrazine groups is 1. The SMILES string of the molecule is CCC1NNc2ccccc2N1. The van der Waals surface area contributed by atoms with Gasteiger partial charge in [0.05, 0.1) is 17.5 Å². The summed E-state index contributed by atoms with van der Waals surface area (Å²) < 4.78 is 0. The molecule has 0 aromatic heterocycles. The Morgan fingerprint density at radius 1 is 1.25 bits per heavy atom. The van der Waals surface area contributed by atoms with Crippen LogP contribution in [-0.2, 0) is 0 Å². The number of anilines is 2. The molecule has 3 N–H and O–H groups in total. The molecule has 64 valence electrons. The van der Waals surface area contributed by atoms with E-state index in [2.05, 4.69) is 29.2 Å². The van der Waals surface area contributed by atoms with Crippen molar-refractivity contribution in [3.05, 3.63) is 24.3 Å². The molecule has 0 bridgehead atoms. The number of hydrogen-bond acceptors (Lipinski definition) is 3. The average molecular weight is 163 g/mol. The molecule has 3 nitrogen and oxygen atoms in total. The van der Waals surface area contributed by atoms with Crippen molar-refractivity contribution in [1.82, 2.24) is 5.43 Å². The Kier molecular flexibility index (Phi) is 1.87. The number of fused-ring (bicyclic) bond motifs is 1. The predicted octanol–water partition coefficient (Wildman–Crippen LogP) is 1.76. The van der Waals surface area contributed by atoms with Crippen LogP contribution in [0.5, 0.6) is 0 Å². The maximum absolute atomic E-state index is 3.37. The molecule has 1 unspecified atom stereocenters. The van der Waals surface area contributed by atoms with Crippen molar-refractivity contribution in [2.24, 2.45) is 0 Å². The summed E-state index contributed by atoms with van der Waals surface area (Å²) in [6, 6.07) is 8.17. The van der Waals surface area contributed by atoms with E-state index >= 15 is 0 Å². The highest BCUT2D eigenvalue weighted by atomic mass is 15.4. The lowest BCUT2D eigenvalue weighted by Gasteiger charge is -2.28. The third-order valence-electron chi connectivity index (χ3n) is 2.05. The van der Waals surface area contributed by atoms with E-state index in [4.69, 9.17) is 0 Å². The number of nitrogens with one attached hydrogen (secondary N) is 3. The van der Waals surface area contributed by atoms with Crippen LogP contribution in [0.2, 0.25) is 0 Å². The quantitative estimate of drug-likeness (QED) is 0.590. The average Bonchev–Trinajstić information content (AvgIpc) is 2.17. The monoisotopic (exact) mass is 163 g/mol. The largest absolute Gasteiger partial charge is 0.367 e. The molecule has 1 aliphatic heterocycles. The van der Waals surface area contributed by atoms with Crippen LogP contribution in [-0.4, -0.2) is 6.17 Å². The first kappa shape index (κ1) is 7.43. The third kappa shape index (κ3) is 1.23. The second-order valence-electron chi connectivity index (χ2n) is 2.92. The smallest absolute Gasteiger partial charge is 0.0938 e. The van der Waals surface area contributed by atoms with Gasteiger partial charge in [-0.05, 0) is 18.6 Å². The molecule has 0 saturated heterocycles. The second kappa shape index (κ2) is 3.03. The number of rotatable bonds is 1. The highest BCUT2D eigenvalue weighted by molar-refractivity contribution is 5.69. The second-order valence-corrected chi connectivity index (χ2v) is 2.92. The van der Waals surface area contributed by atoms with Crippen molar-refractivity contribution in [3.8, 4) is 0 Å². The van der Waals surface area contributed by atoms with Crippen LogP contribution in [0.25, 0.3) is 0 Å². The lowest BCUT2D eigenvalue weighted by Crippen LogP contribution is -2.43. The molecule has 3 heteroatoms. The Morgan fingerprint density at radius 3 is 2.75 bits per heavy atom. The van der Waals surface area contributed by atoms with Gasteiger partial charge in [0, 0.05) is 0 Å². The Labute approximate surface area is 72.1 Å². The summed E-state index contributed by atoms with van der Waals surface area (Å²) >= 11 is 0. The molecule has 1 aromatic carbocycles. The summed E-state index contributed by atoms with van der Waals surface area (Å²) in [4.78, 5) is 0. The fourth-order valence-electron chi connectivity index (χ4n) is 1.31. The highest BCUT2D eigenvalue weighted by Crippen LogP contribution is 2.23. The Hall–Kier alpha value is -1.22. The van der Waals surface area contributed by atoms with Crippen LogP contribution in [0.4, 0.5) is 11.4 Å². The highest BCUT2D eigenvalue weighted by Gasteiger charge is 2.12. The summed E-state index contributed by atoms with van der Waals surface area (Å²) in [6.07, 6.45) is 1.39. The van der Waals surface area contributed by atoms with Crippen molar-refractivity contribution in [3.63, 3.8) is 0 Å². The minimum atomic E-state index is 0.333. The first-order valence-corrected chi connectivity index (χ1v) is 4.27. The van der Waals surface area contributed by atoms with Crippen LogP contribution in [0.15, 0.2) is 24.3 Å². The van der Waals surface area contributed by atoms with Gasteiger partial charge in [-0.2, -0.15) is 0 Å². The van der Waals surface area contributed by atoms with Crippen LogP contribution in [0.1, 0.15) is 13.3 Å². The van der Waals surface area contributed by atoms with E-state index in [1.165, 1.54) is 5.69 Å². The first-order chi connectivity index (χ1) is 5.90. The standard InChI is InChI=1S/C9H13N3/c1-2-9-10-7-5-3-4-6-8(7)11-12-9/h3-6,9-12H,2H2,1H3. The molecular weight excluding hydrogens is 150 g/mol. The van der Waals surface area contributed by atoms with E-state index in [0.29, 0.717) is 6.17 Å². The van der Waals surface area contributed by atoms with Crippen molar-refractivity contribution in [1.29, 1.82) is 0 Å². The molecular formula is C9H13N3. The van der Waals surface area contributed by atoms with Crippen LogP contribution in [0.3, 0.4) is 0 Å². The zero-order valence-corrected chi connectivity index (χ0v) is 7.09. The molecule has 0 radical (unpaired) electrons. The van der Waals surface area contributed by atoms with Gasteiger partial charge in [-0.3, -0.25) is 0 Å². The lowest BCUT2D eigenvalue weighted by molar-refractivity contribution is 0.589. The van der Waals surface area contributed by atoms with Gasteiger partial charge in [0.25, 0.3) is 0 Å². The molecule has 0 aliphatic carbocycles. The zero-order chi connectivity index (χ0) is 8.39. The van der Waals surface area contributed by atoms with Gasteiger partial charge < -0.3 is 10.7 Å². The lowest BCUT2D eigenvalue weighted by atomic mass is 10.2. The van der Waals surface area contributed by atoms with Gasteiger partial charge in [-0.1, -0.05) is 19.1 Å². The molecule has 1 heterocycles. The summed E-state index contributed by atoms with van der Waals surface area (Å²) in [6.45, 7) is 2.14. The summed E-state index contributed by atoms with van der Waals surface area (Å²) in [5.41, 5.74) is 8.60. The minimum Gasteiger partial charge on any atom is -0.367 e.